The van der Waals surface area contributed by atoms with E-state index in [1.807, 2.05) is 72.4 Å². The lowest BCUT2D eigenvalue weighted by Crippen LogP contribution is -1.97. The van der Waals surface area contributed by atoms with Gasteiger partial charge in [0.15, 0.2) is 5.82 Å². The van der Waals surface area contributed by atoms with E-state index in [9.17, 15) is 0 Å². The summed E-state index contributed by atoms with van der Waals surface area (Å²) in [5, 5.41) is 4.24. The number of nitrogens with one attached hydrogen (secondary N) is 1. The summed E-state index contributed by atoms with van der Waals surface area (Å²) in [5.74, 6) is 2.01. The lowest BCUT2D eigenvalue weighted by molar-refractivity contribution is 1.11. The van der Waals surface area contributed by atoms with Gasteiger partial charge in [-0.05, 0) is 43.3 Å². The third-order valence-corrected chi connectivity index (χ3v) is 4.23. The van der Waals surface area contributed by atoms with Crippen molar-refractivity contribution in [1.82, 2.24) is 29.3 Å². The molecule has 0 spiro atoms. The highest BCUT2D eigenvalue weighted by Crippen LogP contribution is 2.22. The molecule has 0 saturated heterocycles. The smallest absolute Gasteiger partial charge is 0.235 e. The van der Waals surface area contributed by atoms with E-state index in [0.29, 0.717) is 11.6 Å². The molecule has 130 valence electrons. The van der Waals surface area contributed by atoms with Gasteiger partial charge in [0.1, 0.15) is 11.5 Å². The first-order valence-corrected chi connectivity index (χ1v) is 8.52. The maximum Gasteiger partial charge on any atom is 0.235 e. The van der Waals surface area contributed by atoms with Gasteiger partial charge in [-0.2, -0.15) is 4.98 Å². The molecule has 0 amide bonds. The summed E-state index contributed by atoms with van der Waals surface area (Å²) in [5.41, 5.74) is 3.50. The Bertz CT molecular complexity index is 1280. The number of aromatic nitrogens is 6. The van der Waals surface area contributed by atoms with E-state index in [1.165, 1.54) is 0 Å². The molecule has 0 aliphatic heterocycles. The Kier molecular flexibility index (Phi) is 3.50. The molecule has 1 N–H and O–H groups in total. The molecule has 0 aliphatic rings. The number of nitrogens with zero attached hydrogens (tertiary/aromatic N) is 6. The lowest BCUT2D eigenvalue weighted by Gasteiger charge is -2.08. The van der Waals surface area contributed by atoms with Gasteiger partial charge in [-0.1, -0.05) is 6.07 Å². The molecule has 1 aromatic carbocycles. The molecular formula is C20H15N7. The molecule has 0 radical (unpaired) electrons. The third-order valence-electron chi connectivity index (χ3n) is 4.23. The first kappa shape index (κ1) is 15.4. The SMILES string of the molecule is Cc1cccc(-c2ncc3cc(Nc4ccn5ccnc5n4)ccc3n2)n1. The second kappa shape index (κ2) is 6.14. The maximum absolute atomic E-state index is 4.64. The summed E-state index contributed by atoms with van der Waals surface area (Å²) in [4.78, 5) is 22.3. The molecule has 0 saturated carbocycles. The van der Waals surface area contributed by atoms with Crippen LogP contribution < -0.4 is 5.32 Å². The third kappa shape index (κ3) is 2.95. The molecule has 5 rings (SSSR count). The molecule has 0 aliphatic carbocycles. The van der Waals surface area contributed by atoms with Crippen molar-refractivity contribution in [3.63, 3.8) is 0 Å². The van der Waals surface area contributed by atoms with E-state index < -0.39 is 0 Å². The predicted octanol–water partition coefficient (Wildman–Crippen LogP) is 3.79. The van der Waals surface area contributed by atoms with Crippen molar-refractivity contribution in [2.45, 2.75) is 6.92 Å². The number of hydrogen-bond donors (Lipinski definition) is 1. The van der Waals surface area contributed by atoms with Crippen LogP contribution in [0.5, 0.6) is 0 Å². The monoisotopic (exact) mass is 353 g/mol. The fourth-order valence-electron chi connectivity index (χ4n) is 2.92. The van der Waals surface area contributed by atoms with Crippen LogP contribution in [0.2, 0.25) is 0 Å². The van der Waals surface area contributed by atoms with Crippen LogP contribution in [-0.2, 0) is 0 Å². The molecule has 0 fully saturated rings. The number of aryl methyl sites for hydroxylation is 1. The second-order valence-corrected chi connectivity index (χ2v) is 6.20. The number of anilines is 2. The molecular weight excluding hydrogens is 338 g/mol. The minimum Gasteiger partial charge on any atom is -0.340 e. The average molecular weight is 353 g/mol. The number of hydrogen-bond acceptors (Lipinski definition) is 6. The Morgan fingerprint density at radius 2 is 1.89 bits per heavy atom. The lowest BCUT2D eigenvalue weighted by atomic mass is 10.2. The minimum absolute atomic E-state index is 0.623. The van der Waals surface area contributed by atoms with Gasteiger partial charge in [0.25, 0.3) is 0 Å². The Morgan fingerprint density at radius 1 is 0.926 bits per heavy atom. The topological polar surface area (TPSA) is 80.9 Å². The van der Waals surface area contributed by atoms with Gasteiger partial charge in [-0.15, -0.1) is 0 Å². The standard InChI is InChI=1S/C20H15N7/c1-13-3-2-4-17(23-13)19-22-12-14-11-15(5-6-16(14)25-19)24-18-7-9-27-10-8-21-20(27)26-18/h2-12H,1H3,(H,21,24,26). The van der Waals surface area contributed by atoms with E-state index in [4.69, 9.17) is 0 Å². The number of rotatable bonds is 3. The van der Waals surface area contributed by atoms with Crippen molar-refractivity contribution in [1.29, 1.82) is 0 Å². The summed E-state index contributed by atoms with van der Waals surface area (Å²) >= 11 is 0. The molecule has 0 unspecified atom stereocenters. The van der Waals surface area contributed by atoms with Crippen molar-refractivity contribution in [2.24, 2.45) is 0 Å². The van der Waals surface area contributed by atoms with Gasteiger partial charge in [0.05, 0.1) is 5.52 Å². The number of pyridine rings is 1. The highest BCUT2D eigenvalue weighted by atomic mass is 15.1. The van der Waals surface area contributed by atoms with Gasteiger partial charge >= 0.3 is 0 Å². The molecule has 4 heterocycles. The van der Waals surface area contributed by atoms with E-state index in [1.54, 1.807) is 6.20 Å². The van der Waals surface area contributed by atoms with E-state index in [0.717, 1.165) is 33.8 Å². The predicted molar refractivity (Wildman–Crippen MR) is 104 cm³/mol. The molecule has 27 heavy (non-hydrogen) atoms. The largest absolute Gasteiger partial charge is 0.340 e. The van der Waals surface area contributed by atoms with Crippen molar-refractivity contribution in [2.75, 3.05) is 5.32 Å². The molecule has 0 bridgehead atoms. The fraction of sp³-hybridized carbons (Fsp3) is 0.0500. The molecule has 5 aromatic rings. The van der Waals surface area contributed by atoms with Crippen LogP contribution in [0.4, 0.5) is 11.5 Å². The van der Waals surface area contributed by atoms with Crippen molar-refractivity contribution >= 4 is 28.2 Å². The normalized spacial score (nSPS) is 11.1. The first-order chi connectivity index (χ1) is 13.2. The van der Waals surface area contributed by atoms with Crippen LogP contribution in [0.25, 0.3) is 28.2 Å². The average Bonchev–Trinajstić information content (AvgIpc) is 3.15. The molecule has 0 atom stereocenters. The Hall–Kier alpha value is -3.87. The number of imidazole rings is 1. The van der Waals surface area contributed by atoms with Gasteiger partial charge in [-0.3, -0.25) is 4.40 Å². The van der Waals surface area contributed by atoms with Crippen molar-refractivity contribution in [3.05, 3.63) is 72.9 Å². The summed E-state index contributed by atoms with van der Waals surface area (Å²) < 4.78 is 1.86. The maximum atomic E-state index is 4.64. The zero-order chi connectivity index (χ0) is 18.2. The van der Waals surface area contributed by atoms with Crippen LogP contribution in [0, 0.1) is 6.92 Å². The zero-order valence-corrected chi connectivity index (χ0v) is 14.5. The number of fused-ring (bicyclic) bond motifs is 2. The highest BCUT2D eigenvalue weighted by molar-refractivity contribution is 5.83. The van der Waals surface area contributed by atoms with Crippen molar-refractivity contribution in [3.8, 4) is 11.5 Å². The fourth-order valence-corrected chi connectivity index (χ4v) is 2.92. The van der Waals surface area contributed by atoms with Crippen LogP contribution in [0.1, 0.15) is 5.69 Å². The van der Waals surface area contributed by atoms with E-state index in [2.05, 4.69) is 30.2 Å². The summed E-state index contributed by atoms with van der Waals surface area (Å²) in [6.45, 7) is 1.96. The minimum atomic E-state index is 0.623. The Morgan fingerprint density at radius 3 is 2.81 bits per heavy atom. The quantitative estimate of drug-likeness (QED) is 0.531. The van der Waals surface area contributed by atoms with Crippen molar-refractivity contribution < 1.29 is 0 Å². The second-order valence-electron chi connectivity index (χ2n) is 6.20. The van der Waals surface area contributed by atoms with Gasteiger partial charge < -0.3 is 5.32 Å². The van der Waals surface area contributed by atoms with Crippen LogP contribution in [0.15, 0.2) is 67.3 Å². The van der Waals surface area contributed by atoms with Gasteiger partial charge in [0, 0.05) is 41.6 Å². The Balaban J connectivity index is 1.47. The van der Waals surface area contributed by atoms with Gasteiger partial charge in [-0.25, -0.2) is 19.9 Å². The Labute approximate surface area is 154 Å². The van der Waals surface area contributed by atoms with E-state index in [-0.39, 0.29) is 0 Å². The molecule has 4 aromatic heterocycles. The van der Waals surface area contributed by atoms with Gasteiger partial charge in [0.2, 0.25) is 5.78 Å². The zero-order valence-electron chi connectivity index (χ0n) is 14.5. The van der Waals surface area contributed by atoms with Crippen LogP contribution in [-0.4, -0.2) is 29.3 Å². The van der Waals surface area contributed by atoms with Crippen LogP contribution in [0.3, 0.4) is 0 Å². The van der Waals surface area contributed by atoms with Crippen LogP contribution >= 0.6 is 0 Å². The summed E-state index contributed by atoms with van der Waals surface area (Å²) in [6.07, 6.45) is 7.32. The molecule has 7 nitrogen and oxygen atoms in total. The molecule has 7 heteroatoms. The summed E-state index contributed by atoms with van der Waals surface area (Å²) in [6, 6.07) is 13.7. The summed E-state index contributed by atoms with van der Waals surface area (Å²) in [7, 11) is 0. The number of benzene rings is 1. The highest BCUT2D eigenvalue weighted by Gasteiger charge is 2.06. The van der Waals surface area contributed by atoms with E-state index >= 15 is 0 Å². The first-order valence-electron chi connectivity index (χ1n) is 8.52.